The van der Waals surface area contributed by atoms with Gasteiger partial charge in [-0.15, -0.1) is 6.58 Å². The zero-order valence-electron chi connectivity index (χ0n) is 12.8. The fraction of sp³-hybridized carbons (Fsp3) is 0.235. The Balaban J connectivity index is 2.02. The number of benzene rings is 1. The fourth-order valence-corrected chi connectivity index (χ4v) is 1.99. The summed E-state index contributed by atoms with van der Waals surface area (Å²) in [6.45, 7) is 1.84. The van der Waals surface area contributed by atoms with Crippen LogP contribution in [0.5, 0.6) is 5.75 Å². The maximum Gasteiger partial charge on any atom is 0.406 e. The molecule has 128 valence electrons. The Labute approximate surface area is 137 Å². The molecule has 2 aromatic rings. The number of para-hydroxylation sites is 1. The van der Waals surface area contributed by atoms with Crippen LogP contribution >= 0.6 is 0 Å². The van der Waals surface area contributed by atoms with Crippen LogP contribution in [0.2, 0.25) is 0 Å². The lowest BCUT2D eigenvalue weighted by molar-refractivity contribution is -0.139. The van der Waals surface area contributed by atoms with Crippen LogP contribution in [-0.2, 0) is 6.61 Å². The number of rotatable bonds is 7. The lowest BCUT2D eigenvalue weighted by Crippen LogP contribution is -2.38. The van der Waals surface area contributed by atoms with Gasteiger partial charge in [0.25, 0.3) is 5.91 Å². The van der Waals surface area contributed by atoms with Gasteiger partial charge in [-0.2, -0.15) is 13.2 Å². The minimum absolute atomic E-state index is 0.0675. The molecule has 2 rings (SSSR count). The molecule has 7 heteroatoms. The molecule has 1 aromatic carbocycles. The van der Waals surface area contributed by atoms with Crippen molar-refractivity contribution >= 4 is 5.91 Å². The molecule has 0 saturated carbocycles. The Morgan fingerprint density at radius 3 is 2.54 bits per heavy atom. The Hall–Kier alpha value is -2.70. The average Bonchev–Trinajstić information content (AvgIpc) is 3.00. The predicted molar refractivity (Wildman–Crippen MR) is 81.6 cm³/mol. The smallest absolute Gasteiger partial charge is 0.406 e. The predicted octanol–water partition coefficient (Wildman–Crippen LogP) is 4.05. The molecule has 1 aromatic heterocycles. The molecule has 4 nitrogen and oxygen atoms in total. The van der Waals surface area contributed by atoms with Crippen molar-refractivity contribution in [3.8, 4) is 5.75 Å². The molecule has 0 atom stereocenters. The summed E-state index contributed by atoms with van der Waals surface area (Å²) in [6.07, 6.45) is -3.27. The summed E-state index contributed by atoms with van der Waals surface area (Å²) in [5.41, 5.74) is 0. The van der Waals surface area contributed by atoms with Gasteiger partial charge in [-0.25, -0.2) is 0 Å². The molecule has 0 aliphatic carbocycles. The van der Waals surface area contributed by atoms with Gasteiger partial charge in [0.1, 0.15) is 24.7 Å². The van der Waals surface area contributed by atoms with Crippen LogP contribution in [0, 0.1) is 0 Å². The number of hydrogen-bond acceptors (Lipinski definition) is 3. The SMILES string of the molecule is C=CCN(CC(F)(F)F)C(=O)c1ccc(COc2ccccc2)o1. The second-order valence-corrected chi connectivity index (χ2v) is 4.96. The molecular formula is C17H16F3NO3. The van der Waals surface area contributed by atoms with Gasteiger partial charge >= 0.3 is 6.18 Å². The summed E-state index contributed by atoms with van der Waals surface area (Å²) in [6, 6.07) is 11.8. The molecule has 0 radical (unpaired) electrons. The van der Waals surface area contributed by atoms with Gasteiger partial charge in [0.2, 0.25) is 0 Å². The first kappa shape index (κ1) is 17.7. The number of nitrogens with zero attached hydrogens (tertiary/aromatic N) is 1. The fourth-order valence-electron chi connectivity index (χ4n) is 1.99. The Bertz CT molecular complexity index is 680. The number of furan rings is 1. The largest absolute Gasteiger partial charge is 0.486 e. The lowest BCUT2D eigenvalue weighted by Gasteiger charge is -2.21. The van der Waals surface area contributed by atoms with E-state index in [0.29, 0.717) is 16.4 Å². The van der Waals surface area contributed by atoms with E-state index in [4.69, 9.17) is 9.15 Å². The molecule has 0 saturated heterocycles. The highest BCUT2D eigenvalue weighted by atomic mass is 19.4. The van der Waals surface area contributed by atoms with Crippen molar-refractivity contribution < 1.29 is 27.1 Å². The summed E-state index contributed by atoms with van der Waals surface area (Å²) >= 11 is 0. The zero-order valence-corrected chi connectivity index (χ0v) is 12.8. The first-order valence-electron chi connectivity index (χ1n) is 7.12. The van der Waals surface area contributed by atoms with Crippen molar-refractivity contribution in [1.82, 2.24) is 4.90 Å². The van der Waals surface area contributed by atoms with Crippen LogP contribution in [0.25, 0.3) is 0 Å². The van der Waals surface area contributed by atoms with Crippen LogP contribution < -0.4 is 4.74 Å². The van der Waals surface area contributed by atoms with E-state index in [1.54, 1.807) is 24.3 Å². The maximum absolute atomic E-state index is 12.5. The lowest BCUT2D eigenvalue weighted by atomic mass is 10.3. The molecule has 0 aliphatic rings. The van der Waals surface area contributed by atoms with E-state index >= 15 is 0 Å². The average molecular weight is 339 g/mol. The van der Waals surface area contributed by atoms with Gasteiger partial charge in [0, 0.05) is 6.54 Å². The van der Waals surface area contributed by atoms with Crippen molar-refractivity contribution in [2.24, 2.45) is 0 Å². The molecule has 1 amide bonds. The van der Waals surface area contributed by atoms with E-state index in [9.17, 15) is 18.0 Å². The summed E-state index contributed by atoms with van der Waals surface area (Å²) in [4.78, 5) is 12.8. The van der Waals surface area contributed by atoms with Crippen LogP contribution in [0.3, 0.4) is 0 Å². The second-order valence-electron chi connectivity index (χ2n) is 4.96. The molecule has 0 spiro atoms. The molecule has 24 heavy (non-hydrogen) atoms. The van der Waals surface area contributed by atoms with E-state index in [1.807, 2.05) is 6.07 Å². The van der Waals surface area contributed by atoms with Crippen molar-refractivity contribution in [2.75, 3.05) is 13.1 Å². The number of amides is 1. The summed E-state index contributed by atoms with van der Waals surface area (Å²) in [5.74, 6) is -0.0640. The monoisotopic (exact) mass is 339 g/mol. The van der Waals surface area contributed by atoms with Gasteiger partial charge < -0.3 is 14.1 Å². The number of carbonyl (C=O) groups is 1. The topological polar surface area (TPSA) is 42.7 Å². The van der Waals surface area contributed by atoms with Crippen molar-refractivity contribution in [3.63, 3.8) is 0 Å². The van der Waals surface area contributed by atoms with E-state index in [1.165, 1.54) is 18.2 Å². The molecule has 0 N–H and O–H groups in total. The van der Waals surface area contributed by atoms with Crippen molar-refractivity contribution in [2.45, 2.75) is 12.8 Å². The van der Waals surface area contributed by atoms with Gasteiger partial charge in [0.15, 0.2) is 5.76 Å². The van der Waals surface area contributed by atoms with E-state index in [0.717, 1.165) is 0 Å². The highest BCUT2D eigenvalue weighted by Crippen LogP contribution is 2.20. The van der Waals surface area contributed by atoms with Crippen molar-refractivity contribution in [3.05, 3.63) is 66.6 Å². The zero-order chi connectivity index (χ0) is 17.6. The van der Waals surface area contributed by atoms with Crippen LogP contribution in [-0.4, -0.2) is 30.1 Å². The third kappa shape index (κ3) is 5.19. The molecule has 0 unspecified atom stereocenters. The summed E-state index contributed by atoms with van der Waals surface area (Å²) in [5, 5.41) is 0. The minimum Gasteiger partial charge on any atom is -0.486 e. The molecule has 0 bridgehead atoms. The van der Waals surface area contributed by atoms with Crippen LogP contribution in [0.4, 0.5) is 13.2 Å². The normalized spacial score (nSPS) is 11.1. The third-order valence-electron chi connectivity index (χ3n) is 3.00. The summed E-state index contributed by atoms with van der Waals surface area (Å²) in [7, 11) is 0. The van der Waals surface area contributed by atoms with Gasteiger partial charge in [0.05, 0.1) is 0 Å². The maximum atomic E-state index is 12.5. The van der Waals surface area contributed by atoms with Crippen LogP contribution in [0.1, 0.15) is 16.3 Å². The molecule has 1 heterocycles. The van der Waals surface area contributed by atoms with Gasteiger partial charge in [-0.05, 0) is 24.3 Å². The Morgan fingerprint density at radius 1 is 1.21 bits per heavy atom. The Morgan fingerprint density at radius 2 is 1.92 bits per heavy atom. The minimum atomic E-state index is -4.50. The second kappa shape index (κ2) is 7.72. The highest BCUT2D eigenvalue weighted by molar-refractivity contribution is 5.91. The van der Waals surface area contributed by atoms with Gasteiger partial charge in [-0.1, -0.05) is 24.3 Å². The molecule has 0 aliphatic heterocycles. The Kier molecular flexibility index (Phi) is 5.68. The number of ether oxygens (including phenoxy) is 1. The summed E-state index contributed by atoms with van der Waals surface area (Å²) < 4.78 is 48.4. The standard InChI is InChI=1S/C17H16F3NO3/c1-2-10-21(12-17(18,19)20)16(22)15-9-8-14(24-15)11-23-13-6-4-3-5-7-13/h2-9H,1,10-12H2. The number of halogens is 3. The van der Waals surface area contributed by atoms with Gasteiger partial charge in [-0.3, -0.25) is 4.79 Å². The third-order valence-corrected chi connectivity index (χ3v) is 3.00. The van der Waals surface area contributed by atoms with E-state index < -0.39 is 18.6 Å². The van der Waals surface area contributed by atoms with E-state index in [2.05, 4.69) is 6.58 Å². The molecular weight excluding hydrogens is 323 g/mol. The number of carbonyl (C=O) groups excluding carboxylic acids is 1. The van der Waals surface area contributed by atoms with Crippen LogP contribution in [0.15, 0.2) is 59.5 Å². The highest BCUT2D eigenvalue weighted by Gasteiger charge is 2.33. The van der Waals surface area contributed by atoms with Crippen molar-refractivity contribution in [1.29, 1.82) is 0 Å². The number of hydrogen-bond donors (Lipinski definition) is 0. The molecule has 0 fully saturated rings. The first-order valence-corrected chi connectivity index (χ1v) is 7.12. The number of alkyl halides is 3. The van der Waals surface area contributed by atoms with E-state index in [-0.39, 0.29) is 18.9 Å². The first-order chi connectivity index (χ1) is 11.4. The quantitative estimate of drug-likeness (QED) is 0.715.